The molecule has 1 aromatic carbocycles. The molecule has 3 heterocycles. The predicted molar refractivity (Wildman–Crippen MR) is 99.9 cm³/mol. The van der Waals surface area contributed by atoms with E-state index in [0.717, 1.165) is 22.7 Å². The van der Waals surface area contributed by atoms with Crippen molar-refractivity contribution in [3.8, 4) is 5.75 Å². The molecule has 8 heteroatoms. The van der Waals surface area contributed by atoms with E-state index in [-0.39, 0.29) is 0 Å². The number of methoxy groups -OCH3 is 1. The standard InChI is InChI=1S/C18H15ClN4O2S/c1-24-15-5-2-12(3-6-15)8-17-21-22-18(25-17)26-11-14-10-23-9-13(19)4-7-16(23)20-14/h2-7,9-10H,8,11H2,1H3. The minimum absolute atomic E-state index is 0.531. The van der Waals surface area contributed by atoms with Crippen LogP contribution in [0.1, 0.15) is 17.1 Å². The van der Waals surface area contributed by atoms with Crippen molar-refractivity contribution in [3.05, 3.63) is 71.0 Å². The Kier molecular flexibility index (Phi) is 4.81. The Hall–Kier alpha value is -2.51. The van der Waals surface area contributed by atoms with E-state index in [4.69, 9.17) is 20.8 Å². The van der Waals surface area contributed by atoms with Gasteiger partial charge in [0.15, 0.2) is 0 Å². The minimum atomic E-state index is 0.531. The van der Waals surface area contributed by atoms with Crippen molar-refractivity contribution >= 4 is 29.0 Å². The Labute approximate surface area is 159 Å². The van der Waals surface area contributed by atoms with Crippen LogP contribution >= 0.6 is 23.4 Å². The summed E-state index contributed by atoms with van der Waals surface area (Å²) >= 11 is 7.45. The number of halogens is 1. The lowest BCUT2D eigenvalue weighted by molar-refractivity contribution is 0.413. The Morgan fingerprint density at radius 1 is 1.12 bits per heavy atom. The molecule has 0 saturated heterocycles. The largest absolute Gasteiger partial charge is 0.497 e. The van der Waals surface area contributed by atoms with E-state index in [2.05, 4.69) is 15.2 Å². The molecular formula is C18H15ClN4O2S. The van der Waals surface area contributed by atoms with Crippen LogP contribution in [0.4, 0.5) is 0 Å². The van der Waals surface area contributed by atoms with Gasteiger partial charge in [0, 0.05) is 18.1 Å². The van der Waals surface area contributed by atoms with Crippen LogP contribution in [-0.4, -0.2) is 26.7 Å². The second-order valence-corrected chi connectivity index (χ2v) is 6.98. The van der Waals surface area contributed by atoms with E-state index < -0.39 is 0 Å². The van der Waals surface area contributed by atoms with Crippen molar-refractivity contribution in [1.29, 1.82) is 0 Å². The minimum Gasteiger partial charge on any atom is -0.497 e. The average Bonchev–Trinajstić information content (AvgIpc) is 3.26. The summed E-state index contributed by atoms with van der Waals surface area (Å²) in [6.45, 7) is 0. The van der Waals surface area contributed by atoms with Gasteiger partial charge in [0.05, 0.1) is 24.2 Å². The molecular weight excluding hydrogens is 372 g/mol. The molecule has 0 amide bonds. The lowest BCUT2D eigenvalue weighted by Gasteiger charge is -2.00. The fraction of sp³-hybridized carbons (Fsp3) is 0.167. The van der Waals surface area contributed by atoms with E-state index in [1.165, 1.54) is 11.8 Å². The number of benzene rings is 1. The van der Waals surface area contributed by atoms with Gasteiger partial charge in [-0.3, -0.25) is 0 Å². The van der Waals surface area contributed by atoms with Crippen molar-refractivity contribution in [2.75, 3.05) is 7.11 Å². The van der Waals surface area contributed by atoms with Gasteiger partial charge in [0.1, 0.15) is 11.4 Å². The zero-order chi connectivity index (χ0) is 17.9. The molecule has 26 heavy (non-hydrogen) atoms. The number of rotatable bonds is 6. The number of ether oxygens (including phenoxy) is 1. The molecule has 0 aliphatic carbocycles. The predicted octanol–water partition coefficient (Wildman–Crippen LogP) is 4.26. The summed E-state index contributed by atoms with van der Waals surface area (Å²) in [5, 5.41) is 9.41. The Balaban J connectivity index is 1.39. The van der Waals surface area contributed by atoms with E-state index in [1.807, 2.05) is 53.2 Å². The van der Waals surface area contributed by atoms with Crippen LogP contribution in [0.2, 0.25) is 5.02 Å². The van der Waals surface area contributed by atoms with E-state index in [0.29, 0.717) is 28.3 Å². The number of imidazole rings is 1. The lowest BCUT2D eigenvalue weighted by atomic mass is 10.1. The normalized spacial score (nSPS) is 11.2. The maximum Gasteiger partial charge on any atom is 0.276 e. The molecule has 0 bridgehead atoms. The first-order valence-corrected chi connectivity index (χ1v) is 9.27. The molecule has 0 atom stereocenters. The number of thioether (sulfide) groups is 1. The van der Waals surface area contributed by atoms with Crippen LogP contribution in [0.3, 0.4) is 0 Å². The van der Waals surface area contributed by atoms with Crippen LogP contribution in [0.5, 0.6) is 5.75 Å². The summed E-state index contributed by atoms with van der Waals surface area (Å²) in [7, 11) is 1.65. The molecule has 0 saturated carbocycles. The quantitative estimate of drug-likeness (QED) is 0.461. The van der Waals surface area contributed by atoms with Crippen molar-refractivity contribution in [3.63, 3.8) is 0 Å². The number of hydrogen-bond donors (Lipinski definition) is 0. The topological polar surface area (TPSA) is 65.5 Å². The summed E-state index contributed by atoms with van der Waals surface area (Å²) in [5.74, 6) is 2.05. The van der Waals surface area contributed by atoms with Gasteiger partial charge in [-0.1, -0.05) is 35.5 Å². The molecule has 0 aliphatic heterocycles. The summed E-state index contributed by atoms with van der Waals surface area (Å²) in [5.41, 5.74) is 2.87. The first-order chi connectivity index (χ1) is 12.7. The van der Waals surface area contributed by atoms with Gasteiger partial charge in [-0.25, -0.2) is 4.98 Å². The molecule has 0 N–H and O–H groups in total. The Morgan fingerprint density at radius 2 is 1.96 bits per heavy atom. The van der Waals surface area contributed by atoms with Gasteiger partial charge in [0.25, 0.3) is 5.22 Å². The van der Waals surface area contributed by atoms with Crippen LogP contribution in [-0.2, 0) is 12.2 Å². The van der Waals surface area contributed by atoms with Gasteiger partial charge in [0.2, 0.25) is 5.89 Å². The van der Waals surface area contributed by atoms with Crippen LogP contribution in [0, 0.1) is 0 Å². The number of hydrogen-bond acceptors (Lipinski definition) is 6. The third kappa shape index (κ3) is 3.84. The zero-order valence-electron chi connectivity index (χ0n) is 13.9. The third-order valence-electron chi connectivity index (χ3n) is 3.77. The molecule has 0 spiro atoms. The number of nitrogens with zero attached hydrogens (tertiary/aromatic N) is 4. The summed E-state index contributed by atoms with van der Waals surface area (Å²) in [6, 6.07) is 11.5. The first-order valence-electron chi connectivity index (χ1n) is 7.91. The molecule has 132 valence electrons. The van der Waals surface area contributed by atoms with Crippen molar-refractivity contribution in [2.45, 2.75) is 17.4 Å². The van der Waals surface area contributed by atoms with E-state index >= 15 is 0 Å². The van der Waals surface area contributed by atoms with Crippen molar-refractivity contribution in [1.82, 2.24) is 19.6 Å². The van der Waals surface area contributed by atoms with Crippen LogP contribution < -0.4 is 4.74 Å². The van der Waals surface area contributed by atoms with Crippen LogP contribution in [0.25, 0.3) is 5.65 Å². The Morgan fingerprint density at radius 3 is 2.77 bits per heavy atom. The van der Waals surface area contributed by atoms with Crippen molar-refractivity contribution < 1.29 is 9.15 Å². The van der Waals surface area contributed by atoms with E-state index in [9.17, 15) is 0 Å². The van der Waals surface area contributed by atoms with Gasteiger partial charge in [-0.2, -0.15) is 0 Å². The van der Waals surface area contributed by atoms with E-state index in [1.54, 1.807) is 7.11 Å². The average molecular weight is 387 g/mol. The number of pyridine rings is 1. The maximum atomic E-state index is 5.99. The highest BCUT2D eigenvalue weighted by Crippen LogP contribution is 2.23. The highest BCUT2D eigenvalue weighted by Gasteiger charge is 2.10. The SMILES string of the molecule is COc1ccc(Cc2nnc(SCc3cn4cc(Cl)ccc4n3)o2)cc1. The van der Waals surface area contributed by atoms with Crippen LogP contribution in [0.15, 0.2) is 58.4 Å². The molecule has 0 radical (unpaired) electrons. The second-order valence-electron chi connectivity index (χ2n) is 5.62. The highest BCUT2D eigenvalue weighted by atomic mass is 35.5. The fourth-order valence-electron chi connectivity index (χ4n) is 2.51. The molecule has 0 aliphatic rings. The van der Waals surface area contributed by atoms with Gasteiger partial charge in [-0.15, -0.1) is 10.2 Å². The molecule has 3 aromatic heterocycles. The molecule has 4 aromatic rings. The fourth-order valence-corrected chi connectivity index (χ4v) is 3.34. The second kappa shape index (κ2) is 7.39. The van der Waals surface area contributed by atoms with Gasteiger partial charge < -0.3 is 13.6 Å². The summed E-state index contributed by atoms with van der Waals surface area (Å²) < 4.78 is 12.8. The lowest BCUT2D eigenvalue weighted by Crippen LogP contribution is -1.89. The number of fused-ring (bicyclic) bond motifs is 1. The third-order valence-corrected chi connectivity index (χ3v) is 4.85. The van der Waals surface area contributed by atoms with Gasteiger partial charge in [-0.05, 0) is 29.8 Å². The smallest absolute Gasteiger partial charge is 0.276 e. The van der Waals surface area contributed by atoms with Gasteiger partial charge >= 0.3 is 0 Å². The first kappa shape index (κ1) is 16.9. The molecule has 0 fully saturated rings. The van der Waals surface area contributed by atoms with Crippen molar-refractivity contribution in [2.24, 2.45) is 0 Å². The molecule has 6 nitrogen and oxygen atoms in total. The molecule has 4 rings (SSSR count). The maximum absolute atomic E-state index is 5.99. The highest BCUT2D eigenvalue weighted by molar-refractivity contribution is 7.98. The Bertz CT molecular complexity index is 1030. The molecule has 0 unspecified atom stereocenters. The zero-order valence-corrected chi connectivity index (χ0v) is 15.5. The summed E-state index contributed by atoms with van der Waals surface area (Å²) in [4.78, 5) is 4.54. The monoisotopic (exact) mass is 386 g/mol. The summed E-state index contributed by atoms with van der Waals surface area (Å²) in [6.07, 6.45) is 4.37. The number of aromatic nitrogens is 4.